The zero-order valence-electron chi connectivity index (χ0n) is 12.1. The number of nitrogens with one attached hydrogen (secondary N) is 2. The second-order valence-electron chi connectivity index (χ2n) is 4.92. The van der Waals surface area contributed by atoms with Gasteiger partial charge in [-0.25, -0.2) is 4.79 Å². The van der Waals surface area contributed by atoms with Gasteiger partial charge in [0.15, 0.2) is 0 Å². The molecule has 0 atom stereocenters. The molecule has 0 saturated heterocycles. The van der Waals surface area contributed by atoms with E-state index in [1.807, 2.05) is 0 Å². The average molecular weight is 280 g/mol. The molecule has 1 aromatic carbocycles. The van der Waals surface area contributed by atoms with E-state index in [0.29, 0.717) is 11.4 Å². The van der Waals surface area contributed by atoms with Crippen LogP contribution in [0.5, 0.6) is 5.75 Å². The molecule has 6 heteroatoms. The van der Waals surface area contributed by atoms with E-state index >= 15 is 0 Å². The van der Waals surface area contributed by atoms with E-state index in [1.54, 1.807) is 45.2 Å². The molecule has 0 aliphatic heterocycles. The monoisotopic (exact) mass is 280 g/mol. The van der Waals surface area contributed by atoms with Crippen molar-refractivity contribution < 1.29 is 19.1 Å². The van der Waals surface area contributed by atoms with Crippen LogP contribution in [-0.2, 0) is 9.53 Å². The number of benzene rings is 1. The number of methoxy groups -OCH3 is 2. The number of hydrogen-bond acceptors (Lipinski definition) is 4. The molecule has 0 bridgehead atoms. The molecule has 0 heterocycles. The first-order valence-electron chi connectivity index (χ1n) is 6.16. The quantitative estimate of drug-likeness (QED) is 0.809. The van der Waals surface area contributed by atoms with Crippen molar-refractivity contribution in [1.29, 1.82) is 0 Å². The Kier molecular flexibility index (Phi) is 5.37. The van der Waals surface area contributed by atoms with Crippen molar-refractivity contribution in [3.8, 4) is 5.75 Å². The number of amides is 2. The maximum Gasteiger partial charge on any atom is 0.319 e. The minimum Gasteiger partial charge on any atom is -0.497 e. The van der Waals surface area contributed by atoms with Crippen LogP contribution < -0.4 is 15.4 Å². The Morgan fingerprint density at radius 2 is 1.95 bits per heavy atom. The van der Waals surface area contributed by atoms with Crippen molar-refractivity contribution in [2.24, 2.45) is 5.41 Å². The van der Waals surface area contributed by atoms with Gasteiger partial charge in [-0.05, 0) is 26.0 Å². The predicted molar refractivity (Wildman–Crippen MR) is 75.8 cm³/mol. The Morgan fingerprint density at radius 1 is 1.25 bits per heavy atom. The summed E-state index contributed by atoms with van der Waals surface area (Å²) in [5.41, 5.74) is -0.168. The molecule has 2 amide bonds. The summed E-state index contributed by atoms with van der Waals surface area (Å²) in [6.45, 7) is 3.57. The van der Waals surface area contributed by atoms with E-state index in [4.69, 9.17) is 4.74 Å². The molecule has 2 N–H and O–H groups in total. The molecular weight excluding hydrogens is 260 g/mol. The molecule has 0 aromatic heterocycles. The maximum absolute atomic E-state index is 11.8. The molecule has 0 aliphatic carbocycles. The van der Waals surface area contributed by atoms with Crippen LogP contribution in [0.15, 0.2) is 24.3 Å². The molecule has 110 valence electrons. The van der Waals surface area contributed by atoms with Gasteiger partial charge in [0.05, 0.1) is 19.6 Å². The molecule has 1 rings (SSSR count). The number of esters is 1. The second-order valence-corrected chi connectivity index (χ2v) is 4.92. The molecule has 0 fully saturated rings. The lowest BCUT2D eigenvalue weighted by molar-refractivity contribution is -0.150. The van der Waals surface area contributed by atoms with Gasteiger partial charge in [-0.1, -0.05) is 6.07 Å². The summed E-state index contributed by atoms with van der Waals surface area (Å²) in [7, 11) is 2.87. The van der Waals surface area contributed by atoms with Gasteiger partial charge in [-0.15, -0.1) is 0 Å². The van der Waals surface area contributed by atoms with Crippen LogP contribution in [0.2, 0.25) is 0 Å². The van der Waals surface area contributed by atoms with E-state index in [0.717, 1.165) is 0 Å². The molecule has 0 unspecified atom stereocenters. The fraction of sp³-hybridized carbons (Fsp3) is 0.429. The molecule has 0 spiro atoms. The smallest absolute Gasteiger partial charge is 0.319 e. The summed E-state index contributed by atoms with van der Waals surface area (Å²) in [5.74, 6) is 0.275. The fourth-order valence-corrected chi connectivity index (χ4v) is 1.53. The van der Waals surface area contributed by atoms with Crippen LogP contribution in [0.1, 0.15) is 13.8 Å². The Hall–Kier alpha value is -2.24. The second kappa shape index (κ2) is 6.79. The first kappa shape index (κ1) is 15.8. The number of urea groups is 1. The van der Waals surface area contributed by atoms with Crippen molar-refractivity contribution in [3.05, 3.63) is 24.3 Å². The van der Waals surface area contributed by atoms with Gasteiger partial charge in [-0.2, -0.15) is 0 Å². The van der Waals surface area contributed by atoms with Gasteiger partial charge in [0.2, 0.25) is 0 Å². The Morgan fingerprint density at radius 3 is 2.55 bits per heavy atom. The summed E-state index contributed by atoms with van der Waals surface area (Å²) >= 11 is 0. The number of ether oxygens (including phenoxy) is 2. The van der Waals surface area contributed by atoms with Crippen molar-refractivity contribution in [2.75, 3.05) is 26.1 Å². The van der Waals surface area contributed by atoms with E-state index in [1.165, 1.54) is 7.11 Å². The Labute approximate surface area is 118 Å². The molecule has 1 aromatic rings. The third-order valence-corrected chi connectivity index (χ3v) is 2.76. The molecule has 0 radical (unpaired) electrons. The number of hydrogen-bond donors (Lipinski definition) is 2. The van der Waals surface area contributed by atoms with Crippen molar-refractivity contribution >= 4 is 17.7 Å². The third kappa shape index (κ3) is 4.46. The van der Waals surface area contributed by atoms with Crippen LogP contribution in [0.3, 0.4) is 0 Å². The van der Waals surface area contributed by atoms with Gasteiger partial charge in [-0.3, -0.25) is 4.79 Å². The maximum atomic E-state index is 11.8. The Bertz CT molecular complexity index is 486. The molecule has 0 aliphatic rings. The molecule has 6 nitrogen and oxygen atoms in total. The molecule has 0 saturated carbocycles. The standard InChI is InChI=1S/C14H20N2O4/c1-14(2,12(17)20-4)9-15-13(18)16-10-6-5-7-11(8-10)19-3/h5-8H,9H2,1-4H3,(H2,15,16,18). The SMILES string of the molecule is COC(=O)C(C)(C)CNC(=O)Nc1cccc(OC)c1. The largest absolute Gasteiger partial charge is 0.497 e. The summed E-state index contributed by atoms with van der Waals surface area (Å²) in [6.07, 6.45) is 0. The number of rotatable bonds is 5. The highest BCUT2D eigenvalue weighted by Crippen LogP contribution is 2.17. The zero-order valence-corrected chi connectivity index (χ0v) is 12.1. The van der Waals surface area contributed by atoms with Gasteiger partial charge >= 0.3 is 12.0 Å². The average Bonchev–Trinajstić information content (AvgIpc) is 2.44. The van der Waals surface area contributed by atoms with Gasteiger partial charge < -0.3 is 20.1 Å². The highest BCUT2D eigenvalue weighted by Gasteiger charge is 2.29. The number of carbonyl (C=O) groups is 2. The first-order valence-corrected chi connectivity index (χ1v) is 6.16. The van der Waals surface area contributed by atoms with E-state index < -0.39 is 11.4 Å². The minimum absolute atomic E-state index is 0.176. The van der Waals surface area contributed by atoms with Crippen molar-refractivity contribution in [2.45, 2.75) is 13.8 Å². The van der Waals surface area contributed by atoms with E-state index in [-0.39, 0.29) is 12.5 Å². The highest BCUT2D eigenvalue weighted by atomic mass is 16.5. The van der Waals surface area contributed by atoms with Gasteiger partial charge in [0.1, 0.15) is 5.75 Å². The van der Waals surface area contributed by atoms with Crippen LogP contribution in [0.25, 0.3) is 0 Å². The Balaban J connectivity index is 2.53. The topological polar surface area (TPSA) is 76.7 Å². The summed E-state index contributed by atoms with van der Waals surface area (Å²) < 4.78 is 9.73. The minimum atomic E-state index is -0.777. The first-order chi connectivity index (χ1) is 9.39. The lowest BCUT2D eigenvalue weighted by atomic mass is 9.94. The normalized spacial score (nSPS) is 10.6. The van der Waals surface area contributed by atoms with Gasteiger partial charge in [0, 0.05) is 18.3 Å². The fourth-order valence-electron chi connectivity index (χ4n) is 1.53. The zero-order chi connectivity index (χ0) is 15.2. The molecular formula is C14H20N2O4. The predicted octanol–water partition coefficient (Wildman–Crippen LogP) is 2.02. The summed E-state index contributed by atoms with van der Waals surface area (Å²) in [6, 6.07) is 6.60. The highest BCUT2D eigenvalue weighted by molar-refractivity contribution is 5.90. The van der Waals surface area contributed by atoms with Crippen LogP contribution >= 0.6 is 0 Å². The number of carbonyl (C=O) groups excluding carboxylic acids is 2. The summed E-state index contributed by atoms with van der Waals surface area (Å²) in [5, 5.41) is 5.30. The van der Waals surface area contributed by atoms with Crippen LogP contribution in [0.4, 0.5) is 10.5 Å². The van der Waals surface area contributed by atoms with Crippen LogP contribution in [-0.4, -0.2) is 32.8 Å². The third-order valence-electron chi connectivity index (χ3n) is 2.76. The molecule has 20 heavy (non-hydrogen) atoms. The van der Waals surface area contributed by atoms with Crippen molar-refractivity contribution in [1.82, 2.24) is 5.32 Å². The lowest BCUT2D eigenvalue weighted by Crippen LogP contribution is -2.41. The van der Waals surface area contributed by atoms with Crippen molar-refractivity contribution in [3.63, 3.8) is 0 Å². The lowest BCUT2D eigenvalue weighted by Gasteiger charge is -2.21. The number of anilines is 1. The van der Waals surface area contributed by atoms with E-state index in [2.05, 4.69) is 15.4 Å². The van der Waals surface area contributed by atoms with Gasteiger partial charge in [0.25, 0.3) is 0 Å². The summed E-state index contributed by atoms with van der Waals surface area (Å²) in [4.78, 5) is 23.2. The van der Waals surface area contributed by atoms with Crippen LogP contribution in [0, 0.1) is 5.41 Å². The van der Waals surface area contributed by atoms with E-state index in [9.17, 15) is 9.59 Å².